The van der Waals surface area contributed by atoms with E-state index in [0.29, 0.717) is 18.2 Å². The highest BCUT2D eigenvalue weighted by atomic mass is 16.1. The summed E-state index contributed by atoms with van der Waals surface area (Å²) < 4.78 is 0. The quantitative estimate of drug-likeness (QED) is 0.568. The van der Waals surface area contributed by atoms with Crippen LogP contribution in [0.15, 0.2) is 47.7 Å². The van der Waals surface area contributed by atoms with E-state index in [1.54, 1.807) is 25.4 Å². The van der Waals surface area contributed by atoms with E-state index < -0.39 is 5.41 Å². The minimum atomic E-state index is -0.718. The first-order valence-electron chi connectivity index (χ1n) is 11.7. The zero-order valence-electron chi connectivity index (χ0n) is 20.6. The van der Waals surface area contributed by atoms with E-state index in [-0.39, 0.29) is 11.6 Å². The number of aliphatic imine (C=N–C) groups is 1. The van der Waals surface area contributed by atoms with Gasteiger partial charge in [0.2, 0.25) is 5.95 Å². The molecular formula is C27H26N8O. The van der Waals surface area contributed by atoms with E-state index in [9.17, 15) is 10.1 Å². The van der Waals surface area contributed by atoms with Crippen LogP contribution in [0.3, 0.4) is 0 Å². The van der Waals surface area contributed by atoms with Crippen molar-refractivity contribution in [1.82, 2.24) is 15.0 Å². The molecular weight excluding hydrogens is 452 g/mol. The number of aryl methyl sites for hydroxylation is 1. The first-order chi connectivity index (χ1) is 17.3. The Kier molecular flexibility index (Phi) is 5.72. The molecule has 2 N–H and O–H groups in total. The summed E-state index contributed by atoms with van der Waals surface area (Å²) in [5.41, 5.74) is 4.83. The van der Waals surface area contributed by atoms with Gasteiger partial charge in [0.25, 0.3) is 5.91 Å². The summed E-state index contributed by atoms with van der Waals surface area (Å²) in [5, 5.41) is 15.4. The summed E-state index contributed by atoms with van der Waals surface area (Å²) in [6.07, 6.45) is 5.42. The van der Waals surface area contributed by atoms with Crippen LogP contribution in [0.25, 0.3) is 11.6 Å². The van der Waals surface area contributed by atoms with Crippen LogP contribution in [-0.2, 0) is 5.41 Å². The summed E-state index contributed by atoms with van der Waals surface area (Å²) in [7, 11) is 1.80. The van der Waals surface area contributed by atoms with Gasteiger partial charge >= 0.3 is 0 Å². The Bertz CT molecular complexity index is 1480. The van der Waals surface area contributed by atoms with Gasteiger partial charge in [-0.15, -0.1) is 0 Å². The molecule has 5 rings (SSSR count). The second-order valence-corrected chi connectivity index (χ2v) is 9.29. The molecule has 0 unspecified atom stereocenters. The number of nitriles is 1. The lowest BCUT2D eigenvalue weighted by molar-refractivity contribution is 0.102. The molecule has 2 aromatic heterocycles. The molecule has 36 heavy (non-hydrogen) atoms. The molecule has 0 atom stereocenters. The van der Waals surface area contributed by atoms with Crippen LogP contribution in [0.2, 0.25) is 0 Å². The number of pyridine rings is 1. The Hall–Kier alpha value is -4.58. The SMILES string of the molecule is CNc1ncc2c(n1)N1CCN=C1C(c1cc(NC(=O)c3cc(C(C)(C)C#N)ccn3)ccc1C)=C2. The number of hydrogen-bond acceptors (Lipinski definition) is 8. The lowest BCUT2D eigenvalue weighted by Crippen LogP contribution is -2.32. The third kappa shape index (κ3) is 4.07. The first-order valence-corrected chi connectivity index (χ1v) is 11.7. The number of nitrogens with zero attached hydrogens (tertiary/aromatic N) is 6. The van der Waals surface area contributed by atoms with E-state index >= 15 is 0 Å². The highest BCUT2D eigenvalue weighted by Gasteiger charge is 2.31. The normalized spacial score (nSPS) is 14.2. The number of nitrogens with one attached hydrogen (secondary N) is 2. The van der Waals surface area contributed by atoms with Crippen LogP contribution in [0.1, 0.15) is 46.6 Å². The van der Waals surface area contributed by atoms with Crippen LogP contribution >= 0.6 is 0 Å². The molecule has 2 aliphatic rings. The van der Waals surface area contributed by atoms with Crippen molar-refractivity contribution in [2.75, 3.05) is 35.7 Å². The Morgan fingerprint density at radius 1 is 1.19 bits per heavy atom. The van der Waals surface area contributed by atoms with Gasteiger partial charge < -0.3 is 15.5 Å². The molecule has 0 bridgehead atoms. The van der Waals surface area contributed by atoms with E-state index in [2.05, 4.69) is 42.6 Å². The molecule has 0 spiro atoms. The number of carbonyl (C=O) groups is 1. The molecule has 9 heteroatoms. The molecule has 2 aliphatic heterocycles. The fourth-order valence-electron chi connectivity index (χ4n) is 4.32. The molecule has 0 radical (unpaired) electrons. The van der Waals surface area contributed by atoms with Crippen molar-refractivity contribution >= 4 is 40.8 Å². The summed E-state index contributed by atoms with van der Waals surface area (Å²) >= 11 is 0. The van der Waals surface area contributed by atoms with Crippen LogP contribution in [-0.4, -0.2) is 46.8 Å². The molecule has 0 saturated heterocycles. The smallest absolute Gasteiger partial charge is 0.274 e. The van der Waals surface area contributed by atoms with Crippen LogP contribution in [0.5, 0.6) is 0 Å². The van der Waals surface area contributed by atoms with Gasteiger partial charge in [0, 0.05) is 42.8 Å². The lowest BCUT2D eigenvalue weighted by Gasteiger charge is -2.28. The molecule has 0 saturated carbocycles. The Labute approximate surface area is 209 Å². The molecule has 9 nitrogen and oxygen atoms in total. The van der Waals surface area contributed by atoms with Gasteiger partial charge in [-0.3, -0.25) is 14.8 Å². The maximum atomic E-state index is 13.0. The number of hydrogen-bond donors (Lipinski definition) is 2. The lowest BCUT2D eigenvalue weighted by atomic mass is 9.86. The minimum absolute atomic E-state index is 0.257. The highest BCUT2D eigenvalue weighted by molar-refractivity contribution is 6.36. The number of fused-ring (bicyclic) bond motifs is 3. The van der Waals surface area contributed by atoms with Gasteiger partial charge in [0.05, 0.1) is 18.0 Å². The van der Waals surface area contributed by atoms with Gasteiger partial charge in [-0.25, -0.2) is 4.98 Å². The maximum absolute atomic E-state index is 13.0. The maximum Gasteiger partial charge on any atom is 0.274 e. The van der Waals surface area contributed by atoms with Gasteiger partial charge in [-0.1, -0.05) is 6.07 Å². The second-order valence-electron chi connectivity index (χ2n) is 9.29. The van der Waals surface area contributed by atoms with Crippen molar-refractivity contribution in [3.05, 3.63) is 70.7 Å². The third-order valence-corrected chi connectivity index (χ3v) is 6.44. The van der Waals surface area contributed by atoms with Crippen molar-refractivity contribution < 1.29 is 4.79 Å². The first kappa shape index (κ1) is 23.2. The number of anilines is 3. The zero-order valence-corrected chi connectivity index (χ0v) is 20.6. The van der Waals surface area contributed by atoms with Gasteiger partial charge in [-0.05, 0) is 67.8 Å². The number of carbonyl (C=O) groups excluding carboxylic acids is 1. The molecule has 180 valence electrons. The van der Waals surface area contributed by atoms with Crippen molar-refractivity contribution in [2.24, 2.45) is 4.99 Å². The predicted molar refractivity (Wildman–Crippen MR) is 141 cm³/mol. The average molecular weight is 479 g/mol. The zero-order chi connectivity index (χ0) is 25.4. The molecule has 1 amide bonds. The highest BCUT2D eigenvalue weighted by Crippen LogP contribution is 2.37. The topological polar surface area (TPSA) is 119 Å². The van der Waals surface area contributed by atoms with E-state index in [0.717, 1.165) is 46.0 Å². The van der Waals surface area contributed by atoms with Crippen molar-refractivity contribution in [1.29, 1.82) is 5.26 Å². The Balaban J connectivity index is 1.48. The van der Waals surface area contributed by atoms with Crippen molar-refractivity contribution in [3.8, 4) is 6.07 Å². The van der Waals surface area contributed by atoms with E-state index in [1.807, 2.05) is 45.2 Å². The number of benzene rings is 1. The second kappa shape index (κ2) is 8.89. The summed E-state index contributed by atoms with van der Waals surface area (Å²) in [6, 6.07) is 11.5. The fraction of sp³-hybridized carbons (Fsp3) is 0.259. The predicted octanol–water partition coefficient (Wildman–Crippen LogP) is 4.05. The molecule has 3 aromatic rings. The van der Waals surface area contributed by atoms with Gasteiger partial charge in [-0.2, -0.15) is 10.2 Å². The molecule has 1 aromatic carbocycles. The van der Waals surface area contributed by atoms with Crippen molar-refractivity contribution in [2.45, 2.75) is 26.2 Å². The number of amidine groups is 1. The summed E-state index contributed by atoms with van der Waals surface area (Å²) in [4.78, 5) is 33.1. The minimum Gasteiger partial charge on any atom is -0.357 e. The van der Waals surface area contributed by atoms with E-state index in [4.69, 9.17) is 4.99 Å². The number of amides is 1. The fourth-order valence-corrected chi connectivity index (χ4v) is 4.32. The number of aromatic nitrogens is 3. The summed E-state index contributed by atoms with van der Waals surface area (Å²) in [5.74, 6) is 1.93. The van der Waals surface area contributed by atoms with Crippen LogP contribution in [0, 0.1) is 18.3 Å². The van der Waals surface area contributed by atoms with Crippen LogP contribution < -0.4 is 15.5 Å². The van der Waals surface area contributed by atoms with Gasteiger partial charge in [0.1, 0.15) is 17.3 Å². The van der Waals surface area contributed by atoms with E-state index in [1.165, 1.54) is 0 Å². The number of rotatable bonds is 5. The summed E-state index contributed by atoms with van der Waals surface area (Å²) in [6.45, 7) is 7.09. The van der Waals surface area contributed by atoms with Crippen LogP contribution in [0.4, 0.5) is 17.5 Å². The molecule has 0 aliphatic carbocycles. The largest absolute Gasteiger partial charge is 0.357 e. The monoisotopic (exact) mass is 478 g/mol. The Morgan fingerprint density at radius 3 is 2.81 bits per heavy atom. The van der Waals surface area contributed by atoms with Crippen molar-refractivity contribution in [3.63, 3.8) is 0 Å². The molecule has 4 heterocycles. The average Bonchev–Trinajstić information content (AvgIpc) is 3.39. The van der Waals surface area contributed by atoms with Gasteiger partial charge in [0.15, 0.2) is 0 Å². The Morgan fingerprint density at radius 2 is 2.03 bits per heavy atom. The molecule has 0 fully saturated rings. The standard InChI is InChI=1S/C27H26N8O/c1-16-5-6-19(33-25(36)22-12-18(7-8-30-22)27(2,3)15-28)13-20(16)21-11-17-14-32-26(29-4)34-23(17)35-10-9-31-24(21)35/h5-8,11-14H,9-10H2,1-4H3,(H,33,36)(H,29,32,34). The third-order valence-electron chi connectivity index (χ3n) is 6.44.